The van der Waals surface area contributed by atoms with E-state index in [4.69, 9.17) is 10.7 Å². The molecule has 0 aromatic rings. The standard InChI is InChI=1S/C22H48N6O/c1-14(2)25-20(23)28-18(7)19(11-16(5)13-24-22(8,9)10)12-17(6)27-21(29)26-15(3)4/h14-19,24H,11-13H2,1-10H3,(H3,23,25,28)(H2,26,27,29). The summed E-state index contributed by atoms with van der Waals surface area (Å²) >= 11 is 0. The summed E-state index contributed by atoms with van der Waals surface area (Å²) in [5.41, 5.74) is 6.17. The van der Waals surface area contributed by atoms with Gasteiger partial charge in [-0.15, -0.1) is 0 Å². The quantitative estimate of drug-likeness (QED) is 0.265. The van der Waals surface area contributed by atoms with Crippen LogP contribution in [0.3, 0.4) is 0 Å². The number of hydrogen-bond acceptors (Lipinski definition) is 3. The number of hydrogen-bond donors (Lipinski definition) is 5. The van der Waals surface area contributed by atoms with Crippen LogP contribution in [0.25, 0.3) is 0 Å². The average molecular weight is 413 g/mol. The van der Waals surface area contributed by atoms with Crippen LogP contribution in [0.1, 0.15) is 82.1 Å². The van der Waals surface area contributed by atoms with E-state index in [0.29, 0.717) is 17.8 Å². The van der Waals surface area contributed by atoms with E-state index in [1.807, 2.05) is 27.7 Å². The third kappa shape index (κ3) is 15.1. The Morgan fingerprint density at radius 1 is 0.897 bits per heavy atom. The van der Waals surface area contributed by atoms with Gasteiger partial charge in [-0.25, -0.2) is 4.79 Å². The Balaban J connectivity index is 5.09. The molecule has 0 radical (unpaired) electrons. The minimum absolute atomic E-state index is 0.0541. The van der Waals surface area contributed by atoms with Crippen LogP contribution >= 0.6 is 0 Å². The summed E-state index contributed by atoms with van der Waals surface area (Å²) in [6, 6.07) is 0.367. The van der Waals surface area contributed by atoms with Crippen LogP contribution in [0, 0.1) is 11.8 Å². The normalized spacial score (nSPS) is 17.0. The SMILES string of the molecule is CC(CNC(C)(C)C)CC(CC(C)NC(=O)NC(C)C)C(C)N=C(N)NC(C)C. The van der Waals surface area contributed by atoms with E-state index >= 15 is 0 Å². The first-order valence-electron chi connectivity index (χ1n) is 11.1. The van der Waals surface area contributed by atoms with Crippen molar-refractivity contribution in [3.8, 4) is 0 Å². The maximum absolute atomic E-state index is 12.1. The molecular formula is C22H48N6O. The highest BCUT2D eigenvalue weighted by Crippen LogP contribution is 2.23. The lowest BCUT2D eigenvalue weighted by atomic mass is 9.85. The number of amides is 2. The molecule has 172 valence electrons. The van der Waals surface area contributed by atoms with Crippen molar-refractivity contribution >= 4 is 12.0 Å². The molecule has 7 nitrogen and oxygen atoms in total. The fourth-order valence-corrected chi connectivity index (χ4v) is 3.27. The molecule has 0 bridgehead atoms. The number of guanidine groups is 1. The van der Waals surface area contributed by atoms with Gasteiger partial charge in [-0.1, -0.05) is 6.92 Å². The van der Waals surface area contributed by atoms with Crippen molar-refractivity contribution in [2.24, 2.45) is 22.6 Å². The third-order valence-electron chi connectivity index (χ3n) is 4.60. The molecule has 4 unspecified atom stereocenters. The number of rotatable bonds is 11. The van der Waals surface area contributed by atoms with E-state index in [1.54, 1.807) is 0 Å². The lowest BCUT2D eigenvalue weighted by Crippen LogP contribution is -2.45. The molecule has 0 aliphatic heterocycles. The Morgan fingerprint density at radius 3 is 1.93 bits per heavy atom. The van der Waals surface area contributed by atoms with Crippen LogP contribution in [-0.4, -0.2) is 48.2 Å². The number of nitrogens with one attached hydrogen (secondary N) is 4. The molecule has 7 heteroatoms. The van der Waals surface area contributed by atoms with Gasteiger partial charge in [0, 0.05) is 23.7 Å². The second-order valence-corrected chi connectivity index (χ2v) is 10.2. The second-order valence-electron chi connectivity index (χ2n) is 10.2. The van der Waals surface area contributed by atoms with Gasteiger partial charge in [0.25, 0.3) is 0 Å². The van der Waals surface area contributed by atoms with Crippen molar-refractivity contribution in [3.63, 3.8) is 0 Å². The Labute approximate surface area is 179 Å². The highest BCUT2D eigenvalue weighted by atomic mass is 16.2. The van der Waals surface area contributed by atoms with Crippen molar-refractivity contribution in [3.05, 3.63) is 0 Å². The minimum atomic E-state index is -0.120. The molecule has 0 spiro atoms. The highest BCUT2D eigenvalue weighted by Gasteiger charge is 2.24. The molecular weight excluding hydrogens is 364 g/mol. The first-order valence-corrected chi connectivity index (χ1v) is 11.1. The smallest absolute Gasteiger partial charge is 0.315 e. The van der Waals surface area contributed by atoms with Crippen LogP contribution in [-0.2, 0) is 0 Å². The fraction of sp³-hybridized carbons (Fsp3) is 0.909. The van der Waals surface area contributed by atoms with E-state index < -0.39 is 0 Å². The fourth-order valence-electron chi connectivity index (χ4n) is 3.27. The summed E-state index contributed by atoms with van der Waals surface area (Å²) in [5, 5.41) is 12.7. The summed E-state index contributed by atoms with van der Waals surface area (Å²) < 4.78 is 0. The first-order chi connectivity index (χ1) is 13.2. The molecule has 0 saturated carbocycles. The van der Waals surface area contributed by atoms with E-state index in [9.17, 15) is 4.79 Å². The van der Waals surface area contributed by atoms with Crippen molar-refractivity contribution in [2.45, 2.75) is 112 Å². The van der Waals surface area contributed by atoms with Gasteiger partial charge in [-0.3, -0.25) is 4.99 Å². The minimum Gasteiger partial charge on any atom is -0.370 e. The summed E-state index contributed by atoms with van der Waals surface area (Å²) in [4.78, 5) is 16.8. The Bertz CT molecular complexity index is 498. The molecule has 0 aromatic carbocycles. The largest absolute Gasteiger partial charge is 0.370 e. The molecule has 0 heterocycles. The van der Waals surface area contributed by atoms with Gasteiger partial charge in [0.2, 0.25) is 0 Å². The van der Waals surface area contributed by atoms with E-state index in [1.165, 1.54) is 0 Å². The van der Waals surface area contributed by atoms with Crippen LogP contribution in [0.15, 0.2) is 4.99 Å². The van der Waals surface area contributed by atoms with Crippen LogP contribution < -0.4 is 27.0 Å². The van der Waals surface area contributed by atoms with E-state index in [-0.39, 0.29) is 35.7 Å². The molecule has 0 aliphatic carbocycles. The molecule has 0 aliphatic rings. The van der Waals surface area contributed by atoms with Gasteiger partial charge in [-0.05, 0) is 93.5 Å². The second kappa shape index (κ2) is 12.9. The maximum atomic E-state index is 12.1. The molecule has 0 fully saturated rings. The summed E-state index contributed by atoms with van der Waals surface area (Å²) in [6.45, 7) is 21.9. The first kappa shape index (κ1) is 27.5. The third-order valence-corrected chi connectivity index (χ3v) is 4.60. The van der Waals surface area contributed by atoms with Gasteiger partial charge in [0.05, 0.1) is 6.04 Å². The van der Waals surface area contributed by atoms with Gasteiger partial charge in [0.1, 0.15) is 0 Å². The maximum Gasteiger partial charge on any atom is 0.315 e. The molecule has 2 amide bonds. The number of nitrogens with two attached hydrogens (primary N) is 1. The number of carbonyl (C=O) groups is 1. The van der Waals surface area contributed by atoms with Crippen LogP contribution in [0.5, 0.6) is 0 Å². The Morgan fingerprint density at radius 2 is 1.45 bits per heavy atom. The number of carbonyl (C=O) groups excluding carboxylic acids is 1. The van der Waals surface area contributed by atoms with Gasteiger partial charge in [0.15, 0.2) is 5.96 Å². The summed E-state index contributed by atoms with van der Waals surface area (Å²) in [5.74, 6) is 1.29. The van der Waals surface area contributed by atoms with Crippen molar-refractivity contribution in [1.82, 2.24) is 21.3 Å². The Kier molecular flexibility index (Phi) is 12.3. The van der Waals surface area contributed by atoms with Crippen molar-refractivity contribution < 1.29 is 4.79 Å². The lowest BCUT2D eigenvalue weighted by molar-refractivity contribution is 0.229. The van der Waals surface area contributed by atoms with Gasteiger partial charge in [-0.2, -0.15) is 0 Å². The van der Waals surface area contributed by atoms with Crippen molar-refractivity contribution in [2.75, 3.05) is 6.54 Å². The summed E-state index contributed by atoms with van der Waals surface area (Å²) in [7, 11) is 0. The highest BCUT2D eigenvalue weighted by molar-refractivity contribution is 5.78. The van der Waals surface area contributed by atoms with Crippen molar-refractivity contribution in [1.29, 1.82) is 0 Å². The van der Waals surface area contributed by atoms with Gasteiger partial charge >= 0.3 is 6.03 Å². The van der Waals surface area contributed by atoms with Gasteiger partial charge < -0.3 is 27.0 Å². The molecule has 4 atom stereocenters. The monoisotopic (exact) mass is 412 g/mol. The van der Waals surface area contributed by atoms with E-state index in [0.717, 1.165) is 19.4 Å². The molecule has 0 saturated heterocycles. The number of nitrogens with zero attached hydrogens (tertiary/aromatic N) is 1. The molecule has 6 N–H and O–H groups in total. The molecule has 29 heavy (non-hydrogen) atoms. The number of aliphatic imine (C=N–C) groups is 1. The number of urea groups is 1. The van der Waals surface area contributed by atoms with E-state index in [2.05, 4.69) is 62.8 Å². The zero-order chi connectivity index (χ0) is 22.8. The molecule has 0 aromatic heterocycles. The predicted molar refractivity (Wildman–Crippen MR) is 125 cm³/mol. The molecule has 0 rings (SSSR count). The van der Waals surface area contributed by atoms with Crippen LogP contribution in [0.4, 0.5) is 4.79 Å². The average Bonchev–Trinajstić information content (AvgIpc) is 2.49. The van der Waals surface area contributed by atoms with Crippen LogP contribution in [0.2, 0.25) is 0 Å². The predicted octanol–water partition coefficient (Wildman–Crippen LogP) is 3.20. The zero-order valence-electron chi connectivity index (χ0n) is 20.5. The topological polar surface area (TPSA) is 104 Å². The zero-order valence-corrected chi connectivity index (χ0v) is 20.5. The lowest BCUT2D eigenvalue weighted by Gasteiger charge is -2.30. The Hall–Kier alpha value is -1.50. The summed E-state index contributed by atoms with van der Waals surface area (Å²) in [6.07, 6.45) is 1.87.